The topological polar surface area (TPSA) is 60.3 Å². The van der Waals surface area contributed by atoms with E-state index in [2.05, 4.69) is 16.8 Å². The van der Waals surface area contributed by atoms with Gasteiger partial charge in [0.2, 0.25) is 0 Å². The largest absolute Gasteiger partial charge is 0.452 e. The monoisotopic (exact) mass is 332 g/mol. The molecule has 0 saturated heterocycles. The van der Waals surface area contributed by atoms with Gasteiger partial charge in [0.15, 0.2) is 6.61 Å². The van der Waals surface area contributed by atoms with Crippen LogP contribution in [0.2, 0.25) is 0 Å². The average Bonchev–Trinajstić information content (AvgIpc) is 3.33. The Balaban J connectivity index is 1.53. The van der Waals surface area contributed by atoms with Crippen molar-refractivity contribution in [2.45, 2.75) is 71.4 Å². The lowest BCUT2D eigenvalue weighted by atomic mass is 9.86. The molecule has 0 spiro atoms. The smallest absolute Gasteiger partial charge is 0.340 e. The van der Waals surface area contributed by atoms with Gasteiger partial charge in [-0.3, -0.25) is 4.79 Å². The van der Waals surface area contributed by atoms with Gasteiger partial charge in [0.25, 0.3) is 5.91 Å². The standard InChI is InChI=1S/C19H28N2O3/c1-12-6-4-5-7-17(12)20-18(22)11-24-19(23)16-10-13(2)21(14(16)3)15-8-9-15/h10,12,15,17H,4-9,11H2,1-3H3,(H,20,22). The summed E-state index contributed by atoms with van der Waals surface area (Å²) in [5.74, 6) is -0.101. The van der Waals surface area contributed by atoms with E-state index in [1.165, 1.54) is 19.3 Å². The summed E-state index contributed by atoms with van der Waals surface area (Å²) in [4.78, 5) is 24.4. The molecule has 0 bridgehead atoms. The van der Waals surface area contributed by atoms with Gasteiger partial charge in [0, 0.05) is 23.5 Å². The van der Waals surface area contributed by atoms with Gasteiger partial charge in [-0.25, -0.2) is 4.79 Å². The summed E-state index contributed by atoms with van der Waals surface area (Å²) in [7, 11) is 0. The molecule has 5 heteroatoms. The van der Waals surface area contributed by atoms with Crippen molar-refractivity contribution in [2.75, 3.05) is 6.61 Å². The molecule has 5 nitrogen and oxygen atoms in total. The molecule has 3 rings (SSSR count). The molecule has 1 heterocycles. The quantitative estimate of drug-likeness (QED) is 0.842. The summed E-state index contributed by atoms with van der Waals surface area (Å²) in [5.41, 5.74) is 2.61. The summed E-state index contributed by atoms with van der Waals surface area (Å²) in [6, 6.07) is 2.62. The van der Waals surface area contributed by atoms with Crippen molar-refractivity contribution in [1.29, 1.82) is 0 Å². The van der Waals surface area contributed by atoms with Gasteiger partial charge in [-0.05, 0) is 51.5 Å². The van der Waals surface area contributed by atoms with Crippen molar-refractivity contribution in [3.63, 3.8) is 0 Å². The Morgan fingerprint density at radius 1 is 1.21 bits per heavy atom. The van der Waals surface area contributed by atoms with Gasteiger partial charge in [0.1, 0.15) is 0 Å². The van der Waals surface area contributed by atoms with Gasteiger partial charge in [-0.15, -0.1) is 0 Å². The van der Waals surface area contributed by atoms with E-state index in [-0.39, 0.29) is 18.6 Å². The SMILES string of the molecule is Cc1cc(C(=O)OCC(=O)NC2CCCCC2C)c(C)n1C1CC1. The molecule has 2 fully saturated rings. The van der Waals surface area contributed by atoms with Gasteiger partial charge in [-0.1, -0.05) is 19.8 Å². The molecular weight excluding hydrogens is 304 g/mol. The number of carbonyl (C=O) groups is 2. The summed E-state index contributed by atoms with van der Waals surface area (Å²) in [6.07, 6.45) is 6.91. The molecule has 1 aromatic rings. The highest BCUT2D eigenvalue weighted by Crippen LogP contribution is 2.38. The van der Waals surface area contributed by atoms with E-state index < -0.39 is 5.97 Å². The zero-order valence-corrected chi connectivity index (χ0v) is 14.9. The number of aryl methyl sites for hydroxylation is 1. The van der Waals surface area contributed by atoms with Crippen LogP contribution in [-0.4, -0.2) is 29.1 Å². The second-order valence-corrected chi connectivity index (χ2v) is 7.40. The maximum absolute atomic E-state index is 12.3. The fourth-order valence-electron chi connectivity index (χ4n) is 3.87. The Kier molecular flexibility index (Phi) is 4.97. The van der Waals surface area contributed by atoms with E-state index >= 15 is 0 Å². The zero-order valence-electron chi connectivity index (χ0n) is 14.9. The van der Waals surface area contributed by atoms with Gasteiger partial charge >= 0.3 is 5.97 Å². The minimum absolute atomic E-state index is 0.196. The molecule has 1 aromatic heterocycles. The van der Waals surface area contributed by atoms with Crippen LogP contribution in [0.15, 0.2) is 6.07 Å². The number of rotatable bonds is 5. The third-order valence-corrected chi connectivity index (χ3v) is 5.41. The first-order valence-electron chi connectivity index (χ1n) is 9.12. The lowest BCUT2D eigenvalue weighted by molar-refractivity contribution is -0.125. The fourth-order valence-corrected chi connectivity index (χ4v) is 3.87. The third kappa shape index (κ3) is 3.65. The van der Waals surface area contributed by atoms with Crippen molar-refractivity contribution in [3.8, 4) is 0 Å². The molecule has 2 aliphatic carbocycles. The molecule has 0 radical (unpaired) electrons. The molecule has 2 saturated carbocycles. The van der Waals surface area contributed by atoms with Crippen molar-refractivity contribution in [3.05, 3.63) is 23.0 Å². The number of nitrogens with zero attached hydrogens (tertiary/aromatic N) is 1. The van der Waals surface area contributed by atoms with Crippen molar-refractivity contribution >= 4 is 11.9 Å². The number of hydrogen-bond acceptors (Lipinski definition) is 3. The van der Waals surface area contributed by atoms with Crippen LogP contribution in [0.4, 0.5) is 0 Å². The van der Waals surface area contributed by atoms with E-state index in [0.717, 1.165) is 30.7 Å². The normalized spacial score (nSPS) is 23.8. The predicted octanol–water partition coefficient (Wildman–Crippen LogP) is 3.29. The van der Waals surface area contributed by atoms with E-state index in [1.807, 2.05) is 19.9 Å². The van der Waals surface area contributed by atoms with Crippen LogP contribution in [0.25, 0.3) is 0 Å². The Morgan fingerprint density at radius 3 is 2.58 bits per heavy atom. The first kappa shape index (κ1) is 17.1. The second-order valence-electron chi connectivity index (χ2n) is 7.40. The number of amides is 1. The average molecular weight is 332 g/mol. The number of carbonyl (C=O) groups excluding carboxylic acids is 2. The first-order chi connectivity index (χ1) is 11.5. The molecule has 132 valence electrons. The first-order valence-corrected chi connectivity index (χ1v) is 9.12. The van der Waals surface area contributed by atoms with Crippen LogP contribution in [0.1, 0.15) is 73.2 Å². The molecule has 0 aromatic carbocycles. The highest BCUT2D eigenvalue weighted by Gasteiger charge is 2.29. The number of aromatic nitrogens is 1. The molecule has 2 unspecified atom stereocenters. The number of esters is 1. The van der Waals surface area contributed by atoms with E-state index in [4.69, 9.17) is 4.74 Å². The Morgan fingerprint density at radius 2 is 1.92 bits per heavy atom. The fraction of sp³-hybridized carbons (Fsp3) is 0.684. The van der Waals surface area contributed by atoms with Crippen LogP contribution in [0, 0.1) is 19.8 Å². The minimum atomic E-state index is -0.401. The molecule has 1 N–H and O–H groups in total. The minimum Gasteiger partial charge on any atom is -0.452 e. The zero-order chi connectivity index (χ0) is 17.3. The maximum Gasteiger partial charge on any atom is 0.340 e. The number of nitrogens with one attached hydrogen (secondary N) is 1. The van der Waals surface area contributed by atoms with Crippen molar-refractivity contribution < 1.29 is 14.3 Å². The van der Waals surface area contributed by atoms with E-state index in [1.54, 1.807) is 0 Å². The molecule has 1 amide bonds. The van der Waals surface area contributed by atoms with Gasteiger partial charge < -0.3 is 14.6 Å². The van der Waals surface area contributed by atoms with E-state index in [9.17, 15) is 9.59 Å². The number of ether oxygens (including phenoxy) is 1. The lowest BCUT2D eigenvalue weighted by Gasteiger charge is -2.29. The molecule has 0 aliphatic heterocycles. The van der Waals surface area contributed by atoms with Crippen LogP contribution in [0.3, 0.4) is 0 Å². The summed E-state index contributed by atoms with van der Waals surface area (Å²) >= 11 is 0. The number of hydrogen-bond donors (Lipinski definition) is 1. The Bertz CT molecular complexity index is 631. The van der Waals surface area contributed by atoms with E-state index in [0.29, 0.717) is 17.5 Å². The van der Waals surface area contributed by atoms with Crippen LogP contribution >= 0.6 is 0 Å². The lowest BCUT2D eigenvalue weighted by Crippen LogP contribution is -2.42. The third-order valence-electron chi connectivity index (χ3n) is 5.41. The van der Waals surface area contributed by atoms with Crippen LogP contribution < -0.4 is 5.32 Å². The van der Waals surface area contributed by atoms with Crippen molar-refractivity contribution in [2.24, 2.45) is 5.92 Å². The Hall–Kier alpha value is -1.78. The summed E-state index contributed by atoms with van der Waals surface area (Å²) < 4.78 is 7.46. The summed E-state index contributed by atoms with van der Waals surface area (Å²) in [5, 5.41) is 3.01. The molecular formula is C19H28N2O3. The second kappa shape index (κ2) is 6.99. The highest BCUT2D eigenvalue weighted by molar-refractivity contribution is 5.92. The predicted molar refractivity (Wildman–Crippen MR) is 92.0 cm³/mol. The Labute approximate surface area is 143 Å². The van der Waals surface area contributed by atoms with Crippen LogP contribution in [-0.2, 0) is 9.53 Å². The molecule has 2 atom stereocenters. The van der Waals surface area contributed by atoms with Gasteiger partial charge in [-0.2, -0.15) is 0 Å². The molecule has 24 heavy (non-hydrogen) atoms. The van der Waals surface area contributed by atoms with Gasteiger partial charge in [0.05, 0.1) is 5.56 Å². The molecule has 2 aliphatic rings. The maximum atomic E-state index is 12.3. The highest BCUT2D eigenvalue weighted by atomic mass is 16.5. The van der Waals surface area contributed by atoms with Crippen molar-refractivity contribution in [1.82, 2.24) is 9.88 Å². The summed E-state index contributed by atoms with van der Waals surface area (Å²) in [6.45, 7) is 5.93. The van der Waals surface area contributed by atoms with Crippen LogP contribution in [0.5, 0.6) is 0 Å².